The fourth-order valence-corrected chi connectivity index (χ4v) is 1.74. The standard InChI is InChI=1S/C13H14N2O4/c16-13(14-9-12-3-1-2-8-19-12)10-4-6-11(7-5-10)15(17)18/h3-7H,1-2,8-9H2,(H,14,16). The third-order valence-corrected chi connectivity index (χ3v) is 2.77. The molecule has 1 heterocycles. The lowest BCUT2D eigenvalue weighted by molar-refractivity contribution is -0.384. The first kappa shape index (κ1) is 13.1. The molecule has 1 aliphatic rings. The van der Waals surface area contributed by atoms with Gasteiger partial charge in [0.25, 0.3) is 11.6 Å². The SMILES string of the molecule is O=C(NCC1=CCCCO1)c1ccc([N+](=O)[O-])cc1. The molecule has 0 radical (unpaired) electrons. The van der Waals surface area contributed by atoms with Gasteiger partial charge in [-0.3, -0.25) is 14.9 Å². The predicted molar refractivity (Wildman–Crippen MR) is 68.7 cm³/mol. The molecule has 2 rings (SSSR count). The number of rotatable bonds is 4. The summed E-state index contributed by atoms with van der Waals surface area (Å²) in [5, 5.41) is 13.2. The highest BCUT2D eigenvalue weighted by molar-refractivity contribution is 5.94. The molecule has 19 heavy (non-hydrogen) atoms. The van der Waals surface area contributed by atoms with Gasteiger partial charge in [0, 0.05) is 17.7 Å². The van der Waals surface area contributed by atoms with E-state index in [-0.39, 0.29) is 11.6 Å². The first-order chi connectivity index (χ1) is 9.16. The normalized spacial score (nSPS) is 14.2. The number of carbonyl (C=O) groups is 1. The summed E-state index contributed by atoms with van der Waals surface area (Å²) in [5.74, 6) is 0.492. The molecule has 1 aliphatic heterocycles. The van der Waals surface area contributed by atoms with Crippen molar-refractivity contribution in [3.8, 4) is 0 Å². The zero-order valence-electron chi connectivity index (χ0n) is 10.3. The minimum atomic E-state index is -0.498. The molecule has 6 heteroatoms. The maximum absolute atomic E-state index is 11.8. The molecule has 0 aromatic heterocycles. The van der Waals surface area contributed by atoms with Crippen LogP contribution in [-0.2, 0) is 4.74 Å². The summed E-state index contributed by atoms with van der Waals surface area (Å²) in [7, 11) is 0. The fraction of sp³-hybridized carbons (Fsp3) is 0.308. The van der Waals surface area contributed by atoms with Gasteiger partial charge < -0.3 is 10.1 Å². The number of benzene rings is 1. The van der Waals surface area contributed by atoms with Crippen LogP contribution in [-0.4, -0.2) is 24.0 Å². The van der Waals surface area contributed by atoms with E-state index in [0.717, 1.165) is 18.6 Å². The van der Waals surface area contributed by atoms with Crippen molar-refractivity contribution >= 4 is 11.6 Å². The van der Waals surface area contributed by atoms with Gasteiger partial charge in [0.05, 0.1) is 18.1 Å². The van der Waals surface area contributed by atoms with E-state index >= 15 is 0 Å². The Hall–Kier alpha value is -2.37. The zero-order chi connectivity index (χ0) is 13.7. The number of hydrogen-bond donors (Lipinski definition) is 1. The molecule has 1 N–H and O–H groups in total. The smallest absolute Gasteiger partial charge is 0.269 e. The van der Waals surface area contributed by atoms with Crippen molar-refractivity contribution in [2.24, 2.45) is 0 Å². The van der Waals surface area contributed by atoms with E-state index in [9.17, 15) is 14.9 Å². The van der Waals surface area contributed by atoms with Crippen LogP contribution < -0.4 is 5.32 Å². The zero-order valence-corrected chi connectivity index (χ0v) is 10.3. The maximum atomic E-state index is 11.8. The number of nitrogens with zero attached hydrogens (tertiary/aromatic N) is 1. The average Bonchev–Trinajstić information content (AvgIpc) is 2.46. The van der Waals surface area contributed by atoms with Gasteiger partial charge in [-0.25, -0.2) is 0 Å². The van der Waals surface area contributed by atoms with Gasteiger partial charge in [0.2, 0.25) is 0 Å². The van der Waals surface area contributed by atoms with Gasteiger partial charge in [-0.2, -0.15) is 0 Å². The van der Waals surface area contributed by atoms with Crippen LogP contribution in [0.3, 0.4) is 0 Å². The molecule has 0 aliphatic carbocycles. The van der Waals surface area contributed by atoms with E-state index in [1.165, 1.54) is 24.3 Å². The van der Waals surface area contributed by atoms with Crippen molar-refractivity contribution in [3.63, 3.8) is 0 Å². The number of nitro benzene ring substituents is 1. The first-order valence-corrected chi connectivity index (χ1v) is 6.01. The quantitative estimate of drug-likeness (QED) is 0.664. The van der Waals surface area contributed by atoms with Crippen molar-refractivity contribution in [2.75, 3.05) is 13.2 Å². The minimum Gasteiger partial charge on any atom is -0.496 e. The maximum Gasteiger partial charge on any atom is 0.269 e. The van der Waals surface area contributed by atoms with Gasteiger partial charge in [-0.1, -0.05) is 0 Å². The van der Waals surface area contributed by atoms with Crippen LogP contribution in [0.1, 0.15) is 23.2 Å². The molecule has 0 saturated carbocycles. The molecule has 0 atom stereocenters. The Morgan fingerprint density at radius 2 is 2.11 bits per heavy atom. The van der Waals surface area contributed by atoms with E-state index in [1.807, 2.05) is 6.08 Å². The van der Waals surface area contributed by atoms with Gasteiger partial charge in [0.15, 0.2) is 0 Å². The second-order valence-corrected chi connectivity index (χ2v) is 4.15. The lowest BCUT2D eigenvalue weighted by atomic mass is 10.2. The molecule has 1 aromatic rings. The highest BCUT2D eigenvalue weighted by Gasteiger charge is 2.10. The Morgan fingerprint density at radius 3 is 2.68 bits per heavy atom. The minimum absolute atomic E-state index is 0.0325. The van der Waals surface area contributed by atoms with Crippen LogP contribution in [0.15, 0.2) is 36.1 Å². The molecule has 1 amide bonds. The number of non-ortho nitro benzene ring substituents is 1. The lowest BCUT2D eigenvalue weighted by Gasteiger charge is -2.15. The molecule has 6 nitrogen and oxygen atoms in total. The molecule has 0 saturated heterocycles. The first-order valence-electron chi connectivity index (χ1n) is 6.01. The molecule has 0 unspecified atom stereocenters. The summed E-state index contributed by atoms with van der Waals surface area (Å²) in [6.07, 6.45) is 3.92. The topological polar surface area (TPSA) is 81.5 Å². The summed E-state index contributed by atoms with van der Waals surface area (Å²) < 4.78 is 5.37. The number of nitrogens with one attached hydrogen (secondary N) is 1. The molecule has 0 bridgehead atoms. The number of ether oxygens (including phenoxy) is 1. The van der Waals surface area contributed by atoms with Crippen molar-refractivity contribution in [1.29, 1.82) is 0 Å². The Kier molecular flexibility index (Phi) is 4.12. The number of hydrogen-bond acceptors (Lipinski definition) is 4. The van der Waals surface area contributed by atoms with E-state index in [4.69, 9.17) is 4.74 Å². The Bertz CT molecular complexity index is 508. The van der Waals surface area contributed by atoms with E-state index in [0.29, 0.717) is 18.7 Å². The third-order valence-electron chi connectivity index (χ3n) is 2.77. The van der Waals surface area contributed by atoms with E-state index in [1.54, 1.807) is 0 Å². The highest BCUT2D eigenvalue weighted by Crippen LogP contribution is 2.12. The van der Waals surface area contributed by atoms with Crippen LogP contribution in [0, 0.1) is 10.1 Å². The average molecular weight is 262 g/mol. The van der Waals surface area contributed by atoms with Gasteiger partial charge in [0.1, 0.15) is 5.76 Å². The van der Waals surface area contributed by atoms with Crippen LogP contribution in [0.25, 0.3) is 0 Å². The predicted octanol–water partition coefficient (Wildman–Crippen LogP) is 2.02. The van der Waals surface area contributed by atoms with Crippen molar-refractivity contribution in [2.45, 2.75) is 12.8 Å². The highest BCUT2D eigenvalue weighted by atomic mass is 16.6. The molecule has 0 fully saturated rings. The van der Waals surface area contributed by atoms with Crippen LogP contribution in [0.5, 0.6) is 0 Å². The third kappa shape index (κ3) is 3.54. The second-order valence-electron chi connectivity index (χ2n) is 4.15. The molecule has 0 spiro atoms. The van der Waals surface area contributed by atoms with Crippen LogP contribution >= 0.6 is 0 Å². The molecule has 100 valence electrons. The summed E-state index contributed by atoms with van der Waals surface area (Å²) in [6.45, 7) is 1.02. The summed E-state index contributed by atoms with van der Waals surface area (Å²) in [4.78, 5) is 21.8. The number of nitro groups is 1. The monoisotopic (exact) mass is 262 g/mol. The van der Waals surface area contributed by atoms with Crippen molar-refractivity contribution < 1.29 is 14.5 Å². The summed E-state index contributed by atoms with van der Waals surface area (Å²) in [5.41, 5.74) is 0.358. The van der Waals surface area contributed by atoms with Crippen LogP contribution in [0.4, 0.5) is 5.69 Å². The Morgan fingerprint density at radius 1 is 1.37 bits per heavy atom. The lowest BCUT2D eigenvalue weighted by Crippen LogP contribution is -2.27. The summed E-state index contributed by atoms with van der Waals surface area (Å²) >= 11 is 0. The van der Waals surface area contributed by atoms with Gasteiger partial charge >= 0.3 is 0 Å². The van der Waals surface area contributed by atoms with Crippen molar-refractivity contribution in [3.05, 3.63) is 51.8 Å². The largest absolute Gasteiger partial charge is 0.496 e. The fourth-order valence-electron chi connectivity index (χ4n) is 1.74. The summed E-state index contributed by atoms with van der Waals surface area (Å²) in [6, 6.07) is 5.49. The van der Waals surface area contributed by atoms with Gasteiger partial charge in [-0.15, -0.1) is 0 Å². The van der Waals surface area contributed by atoms with Gasteiger partial charge in [-0.05, 0) is 31.1 Å². The van der Waals surface area contributed by atoms with Crippen molar-refractivity contribution in [1.82, 2.24) is 5.32 Å². The number of amides is 1. The molecular formula is C13H14N2O4. The van der Waals surface area contributed by atoms with Crippen LogP contribution in [0.2, 0.25) is 0 Å². The Labute approximate surface area is 110 Å². The van der Waals surface area contributed by atoms with E-state index < -0.39 is 4.92 Å². The van der Waals surface area contributed by atoms with E-state index in [2.05, 4.69) is 5.32 Å². The molecule has 1 aromatic carbocycles. The molecular weight excluding hydrogens is 248 g/mol. The second kappa shape index (κ2) is 5.99. The Balaban J connectivity index is 1.92. The number of carbonyl (C=O) groups excluding carboxylic acids is 1. The number of allylic oxidation sites excluding steroid dienone is 1.